The molecule has 0 spiro atoms. The summed E-state index contributed by atoms with van der Waals surface area (Å²) in [4.78, 5) is 36.4. The molecule has 0 radical (unpaired) electrons. The molecule has 0 saturated carbocycles. The number of aromatic nitrogens is 1. The third-order valence-electron chi connectivity index (χ3n) is 5.43. The van der Waals surface area contributed by atoms with E-state index in [9.17, 15) is 28.1 Å². The number of carbonyl (C=O) groups excluding carboxylic acids is 1. The van der Waals surface area contributed by atoms with E-state index >= 15 is 0 Å². The summed E-state index contributed by atoms with van der Waals surface area (Å²) in [5.74, 6) is -0.407. The van der Waals surface area contributed by atoms with Crippen molar-refractivity contribution < 1.29 is 18.1 Å². The van der Waals surface area contributed by atoms with Gasteiger partial charge in [-0.2, -0.15) is 4.31 Å². The van der Waals surface area contributed by atoms with Gasteiger partial charge < -0.3 is 4.90 Å². The number of nitrogens with zero attached hydrogens (tertiary/aromatic N) is 4. The Bertz CT molecular complexity index is 1360. The van der Waals surface area contributed by atoms with Crippen molar-refractivity contribution in [2.75, 3.05) is 26.2 Å². The van der Waals surface area contributed by atoms with Gasteiger partial charge in [0.15, 0.2) is 0 Å². The van der Waals surface area contributed by atoms with E-state index in [1.54, 1.807) is 18.2 Å². The molecule has 1 aliphatic heterocycles. The van der Waals surface area contributed by atoms with E-state index in [-0.39, 0.29) is 43.3 Å². The highest BCUT2D eigenvalue weighted by molar-refractivity contribution is 7.89. The van der Waals surface area contributed by atoms with Crippen LogP contribution in [0.5, 0.6) is 0 Å². The van der Waals surface area contributed by atoms with Gasteiger partial charge in [-0.3, -0.25) is 24.3 Å². The number of hydrogen-bond donors (Lipinski definition) is 0. The molecule has 2 heterocycles. The van der Waals surface area contributed by atoms with Gasteiger partial charge in [-0.1, -0.05) is 30.3 Å². The number of hydrogen-bond acceptors (Lipinski definition) is 6. The SMILES string of the molecule is O=C(Cn1cc([N+](=O)[O-])ccc1=O)N1CCN(S(=O)(=O)c2ccc3ccccc3c2)CC1. The summed E-state index contributed by atoms with van der Waals surface area (Å²) in [7, 11) is -3.72. The quantitative estimate of drug-likeness (QED) is 0.423. The van der Waals surface area contributed by atoms with Crippen molar-refractivity contribution in [2.24, 2.45) is 0 Å². The number of piperazine rings is 1. The Morgan fingerprint density at radius 2 is 1.66 bits per heavy atom. The van der Waals surface area contributed by atoms with Gasteiger partial charge in [0.05, 0.1) is 16.0 Å². The predicted octanol–water partition coefficient (Wildman–Crippen LogP) is 1.44. The summed E-state index contributed by atoms with van der Waals surface area (Å²) in [5, 5.41) is 12.7. The van der Waals surface area contributed by atoms with Crippen LogP contribution in [0.4, 0.5) is 5.69 Å². The van der Waals surface area contributed by atoms with Crippen LogP contribution < -0.4 is 5.56 Å². The molecule has 3 aromatic rings. The van der Waals surface area contributed by atoms with Gasteiger partial charge in [-0.05, 0) is 22.9 Å². The Morgan fingerprint density at radius 3 is 2.34 bits per heavy atom. The fourth-order valence-corrected chi connectivity index (χ4v) is 5.11. The zero-order valence-corrected chi connectivity index (χ0v) is 17.8. The van der Waals surface area contributed by atoms with Crippen LogP contribution in [0.3, 0.4) is 0 Å². The molecule has 32 heavy (non-hydrogen) atoms. The molecule has 1 aliphatic rings. The van der Waals surface area contributed by atoms with E-state index in [0.29, 0.717) is 0 Å². The van der Waals surface area contributed by atoms with Crippen LogP contribution in [0.1, 0.15) is 0 Å². The van der Waals surface area contributed by atoms with Crippen LogP contribution in [0.2, 0.25) is 0 Å². The summed E-state index contributed by atoms with van der Waals surface area (Å²) in [6.45, 7) is 0.206. The summed E-state index contributed by atoms with van der Waals surface area (Å²) < 4.78 is 28.4. The van der Waals surface area contributed by atoms with Crippen LogP contribution >= 0.6 is 0 Å². The van der Waals surface area contributed by atoms with Crippen molar-refractivity contribution in [3.8, 4) is 0 Å². The molecule has 1 amide bonds. The fraction of sp³-hybridized carbons (Fsp3) is 0.238. The molecule has 166 valence electrons. The Labute approximate surface area is 183 Å². The van der Waals surface area contributed by atoms with Gasteiger partial charge in [-0.15, -0.1) is 0 Å². The number of rotatable bonds is 5. The molecule has 10 nitrogen and oxygen atoms in total. The lowest BCUT2D eigenvalue weighted by atomic mass is 10.1. The summed E-state index contributed by atoms with van der Waals surface area (Å²) in [6, 6.07) is 14.6. The van der Waals surface area contributed by atoms with E-state index in [0.717, 1.165) is 33.7 Å². The standard InChI is InChI=1S/C21H20N4O6S/c26-20-8-6-18(25(28)29)14-23(20)15-21(27)22-9-11-24(12-10-22)32(30,31)19-7-5-16-3-1-2-4-17(16)13-19/h1-8,13-14H,9-12,15H2. The van der Waals surface area contributed by atoms with Crippen LogP contribution in [-0.2, 0) is 21.4 Å². The minimum Gasteiger partial charge on any atom is -0.339 e. The topological polar surface area (TPSA) is 123 Å². The van der Waals surface area contributed by atoms with Gasteiger partial charge in [-0.25, -0.2) is 8.42 Å². The Hall–Kier alpha value is -3.57. The lowest BCUT2D eigenvalue weighted by Crippen LogP contribution is -2.51. The average Bonchev–Trinajstić information content (AvgIpc) is 2.80. The predicted molar refractivity (Wildman–Crippen MR) is 117 cm³/mol. The largest absolute Gasteiger partial charge is 0.339 e. The maximum Gasteiger partial charge on any atom is 0.285 e. The minimum atomic E-state index is -3.72. The first-order chi connectivity index (χ1) is 15.3. The van der Waals surface area contributed by atoms with Crippen molar-refractivity contribution in [3.05, 3.63) is 81.3 Å². The van der Waals surface area contributed by atoms with Crippen LogP contribution in [-0.4, -0.2) is 59.2 Å². The number of pyridine rings is 1. The van der Waals surface area contributed by atoms with Gasteiger partial charge >= 0.3 is 0 Å². The monoisotopic (exact) mass is 456 g/mol. The highest BCUT2D eigenvalue weighted by Crippen LogP contribution is 2.23. The molecule has 1 saturated heterocycles. The molecule has 0 unspecified atom stereocenters. The first kappa shape index (κ1) is 21.7. The third kappa shape index (κ3) is 4.25. The Morgan fingerprint density at radius 1 is 0.969 bits per heavy atom. The van der Waals surface area contributed by atoms with Crippen LogP contribution in [0.25, 0.3) is 10.8 Å². The summed E-state index contributed by atoms with van der Waals surface area (Å²) in [6.07, 6.45) is 1.03. The zero-order valence-electron chi connectivity index (χ0n) is 17.0. The lowest BCUT2D eigenvalue weighted by molar-refractivity contribution is -0.385. The Kier molecular flexibility index (Phi) is 5.76. The van der Waals surface area contributed by atoms with Gasteiger partial charge in [0.25, 0.3) is 11.2 Å². The molecule has 0 bridgehead atoms. The highest BCUT2D eigenvalue weighted by atomic mass is 32.2. The van der Waals surface area contributed by atoms with E-state index in [1.807, 2.05) is 24.3 Å². The average molecular weight is 456 g/mol. The van der Waals surface area contributed by atoms with E-state index in [4.69, 9.17) is 0 Å². The zero-order chi connectivity index (χ0) is 22.9. The molecule has 0 N–H and O–H groups in total. The highest BCUT2D eigenvalue weighted by Gasteiger charge is 2.30. The third-order valence-corrected chi connectivity index (χ3v) is 7.33. The van der Waals surface area contributed by atoms with E-state index in [1.165, 1.54) is 9.21 Å². The second-order valence-electron chi connectivity index (χ2n) is 7.40. The van der Waals surface area contributed by atoms with Crippen molar-refractivity contribution in [1.82, 2.24) is 13.8 Å². The normalized spacial score (nSPS) is 15.1. The maximum atomic E-state index is 13.1. The molecule has 11 heteroatoms. The number of benzene rings is 2. The second-order valence-corrected chi connectivity index (χ2v) is 9.34. The summed E-state index contributed by atoms with van der Waals surface area (Å²) in [5.41, 5.74) is -0.815. The van der Waals surface area contributed by atoms with Gasteiger partial charge in [0.1, 0.15) is 6.54 Å². The molecule has 0 aliphatic carbocycles. The smallest absolute Gasteiger partial charge is 0.285 e. The number of nitro groups is 1. The fourth-order valence-electron chi connectivity index (χ4n) is 3.65. The number of fused-ring (bicyclic) bond motifs is 1. The van der Waals surface area contributed by atoms with E-state index < -0.39 is 26.4 Å². The first-order valence-corrected chi connectivity index (χ1v) is 11.3. The van der Waals surface area contributed by atoms with Crippen molar-refractivity contribution in [3.63, 3.8) is 0 Å². The minimum absolute atomic E-state index is 0.116. The molecule has 4 rings (SSSR count). The molecule has 2 aromatic carbocycles. The summed E-state index contributed by atoms with van der Waals surface area (Å²) >= 11 is 0. The van der Waals surface area contributed by atoms with Crippen LogP contribution in [0, 0.1) is 10.1 Å². The number of carbonyl (C=O) groups is 1. The molecular weight excluding hydrogens is 436 g/mol. The van der Waals surface area contributed by atoms with Crippen molar-refractivity contribution >= 4 is 32.4 Å². The Balaban J connectivity index is 1.44. The van der Waals surface area contributed by atoms with Gasteiger partial charge in [0, 0.05) is 38.3 Å². The molecule has 1 aromatic heterocycles. The first-order valence-electron chi connectivity index (χ1n) is 9.87. The number of sulfonamides is 1. The second kappa shape index (κ2) is 8.52. The molecular formula is C21H20N4O6S. The van der Waals surface area contributed by atoms with Crippen LogP contribution in [0.15, 0.2) is 70.5 Å². The van der Waals surface area contributed by atoms with Crippen molar-refractivity contribution in [2.45, 2.75) is 11.4 Å². The molecule has 1 fully saturated rings. The molecule has 0 atom stereocenters. The van der Waals surface area contributed by atoms with E-state index in [2.05, 4.69) is 0 Å². The van der Waals surface area contributed by atoms with Gasteiger partial charge in [0.2, 0.25) is 15.9 Å². The number of amides is 1. The lowest BCUT2D eigenvalue weighted by Gasteiger charge is -2.34. The van der Waals surface area contributed by atoms with Crippen molar-refractivity contribution in [1.29, 1.82) is 0 Å². The maximum absolute atomic E-state index is 13.1.